The Balaban J connectivity index is 3.12. The van der Waals surface area contributed by atoms with Crippen molar-refractivity contribution in [2.45, 2.75) is 13.3 Å². The van der Waals surface area contributed by atoms with Crippen LogP contribution in [0.4, 0.5) is 0 Å². The van der Waals surface area contributed by atoms with Crippen LogP contribution in [0.3, 0.4) is 0 Å². The van der Waals surface area contributed by atoms with Gasteiger partial charge in [-0.3, -0.25) is 14.6 Å². The predicted molar refractivity (Wildman–Crippen MR) is 41.6 cm³/mol. The molecule has 0 aliphatic rings. The van der Waals surface area contributed by atoms with Crippen LogP contribution in [-0.4, -0.2) is 21.5 Å². The van der Waals surface area contributed by atoms with E-state index >= 15 is 0 Å². The van der Waals surface area contributed by atoms with Crippen LogP contribution in [-0.2, 0) is 13.5 Å². The number of aromatic nitrogens is 2. The molecule has 0 amide bonds. The first-order chi connectivity index (χ1) is 5.16. The summed E-state index contributed by atoms with van der Waals surface area (Å²) in [4.78, 5) is 11.2. The van der Waals surface area contributed by atoms with Crippen molar-refractivity contribution in [1.82, 2.24) is 9.78 Å². The Hall–Kier alpha value is -1.03. The smallest absolute Gasteiger partial charge is 0.269 e. The summed E-state index contributed by atoms with van der Waals surface area (Å²) >= 11 is 0. The second-order valence-electron chi connectivity index (χ2n) is 2.55. The van der Waals surface area contributed by atoms with Crippen molar-refractivity contribution in [3.05, 3.63) is 21.6 Å². The fourth-order valence-electron chi connectivity index (χ4n) is 1.14. The highest BCUT2D eigenvalue weighted by Crippen LogP contribution is 1.97. The van der Waals surface area contributed by atoms with Crippen LogP contribution in [0, 0.1) is 6.92 Å². The minimum atomic E-state index is -0.0449. The molecule has 0 radical (unpaired) electrons. The number of H-pyrrole nitrogens is 1. The molecule has 0 aliphatic heterocycles. The first-order valence-corrected chi connectivity index (χ1v) is 3.52. The van der Waals surface area contributed by atoms with Crippen molar-refractivity contribution in [3.8, 4) is 0 Å². The number of aliphatic hydroxyl groups excluding tert-OH is 1. The lowest BCUT2D eigenvalue weighted by Gasteiger charge is -1.89. The molecule has 1 aromatic heterocycles. The Morgan fingerprint density at radius 1 is 1.64 bits per heavy atom. The summed E-state index contributed by atoms with van der Waals surface area (Å²) in [7, 11) is 1.66. The van der Waals surface area contributed by atoms with Gasteiger partial charge in [0.05, 0.1) is 0 Å². The van der Waals surface area contributed by atoms with Crippen LogP contribution in [0.5, 0.6) is 0 Å². The Labute approximate surface area is 64.5 Å². The second kappa shape index (κ2) is 2.92. The molecular formula is C7H12N2O2. The van der Waals surface area contributed by atoms with Crippen LogP contribution in [0.25, 0.3) is 0 Å². The molecule has 0 aromatic carbocycles. The molecular weight excluding hydrogens is 144 g/mol. The van der Waals surface area contributed by atoms with Gasteiger partial charge < -0.3 is 5.11 Å². The number of hydrogen-bond acceptors (Lipinski definition) is 2. The van der Waals surface area contributed by atoms with Crippen molar-refractivity contribution in [1.29, 1.82) is 0 Å². The number of aliphatic hydroxyl groups is 1. The van der Waals surface area contributed by atoms with E-state index in [1.165, 1.54) is 4.68 Å². The molecule has 0 bridgehead atoms. The van der Waals surface area contributed by atoms with Crippen LogP contribution >= 0.6 is 0 Å². The lowest BCUT2D eigenvalue weighted by Crippen LogP contribution is -2.16. The van der Waals surface area contributed by atoms with Gasteiger partial charge in [-0.2, -0.15) is 0 Å². The molecule has 1 aromatic rings. The lowest BCUT2D eigenvalue weighted by molar-refractivity contribution is 0.299. The molecule has 0 spiro atoms. The van der Waals surface area contributed by atoms with Gasteiger partial charge >= 0.3 is 0 Å². The predicted octanol–water partition coefficient (Wildman–Crippen LogP) is -0.443. The third-order valence-electron chi connectivity index (χ3n) is 1.71. The summed E-state index contributed by atoms with van der Waals surface area (Å²) in [6.07, 6.45) is 0.433. The number of hydrogen-bond donors (Lipinski definition) is 2. The van der Waals surface area contributed by atoms with Gasteiger partial charge in [-0.15, -0.1) is 0 Å². The quantitative estimate of drug-likeness (QED) is 0.609. The zero-order valence-electron chi connectivity index (χ0n) is 6.72. The Kier molecular flexibility index (Phi) is 2.14. The molecule has 4 heteroatoms. The Morgan fingerprint density at radius 2 is 2.27 bits per heavy atom. The lowest BCUT2D eigenvalue weighted by atomic mass is 10.2. The van der Waals surface area contributed by atoms with Crippen LogP contribution in [0.15, 0.2) is 4.79 Å². The van der Waals surface area contributed by atoms with Crippen LogP contribution < -0.4 is 5.56 Å². The fraction of sp³-hybridized carbons (Fsp3) is 0.571. The first-order valence-electron chi connectivity index (χ1n) is 3.52. The molecule has 11 heavy (non-hydrogen) atoms. The summed E-state index contributed by atoms with van der Waals surface area (Å²) in [5.74, 6) is 0. The number of nitrogens with one attached hydrogen (secondary N) is 1. The maximum atomic E-state index is 11.2. The van der Waals surface area contributed by atoms with Crippen molar-refractivity contribution < 1.29 is 5.11 Å². The highest BCUT2D eigenvalue weighted by molar-refractivity contribution is 5.15. The molecule has 1 rings (SSSR count). The van der Waals surface area contributed by atoms with Gasteiger partial charge in [0.15, 0.2) is 0 Å². The van der Waals surface area contributed by atoms with E-state index in [4.69, 9.17) is 5.11 Å². The Morgan fingerprint density at radius 3 is 2.64 bits per heavy atom. The summed E-state index contributed by atoms with van der Waals surface area (Å²) < 4.78 is 1.42. The minimum Gasteiger partial charge on any atom is -0.396 e. The fourth-order valence-corrected chi connectivity index (χ4v) is 1.14. The van der Waals surface area contributed by atoms with Crippen LogP contribution in [0.1, 0.15) is 11.3 Å². The standard InChI is InChI=1S/C7H12N2O2/c1-5-6(3-4-10)7(11)9(2)8-5/h8,10H,3-4H2,1-2H3. The van der Waals surface area contributed by atoms with Gasteiger partial charge in [0.1, 0.15) is 0 Å². The molecule has 0 unspecified atom stereocenters. The van der Waals surface area contributed by atoms with Crippen molar-refractivity contribution in [3.63, 3.8) is 0 Å². The van der Waals surface area contributed by atoms with Gasteiger partial charge in [0, 0.05) is 31.3 Å². The molecule has 0 saturated carbocycles. The van der Waals surface area contributed by atoms with Gasteiger partial charge in [-0.1, -0.05) is 0 Å². The van der Waals surface area contributed by atoms with E-state index < -0.39 is 0 Å². The number of aromatic amines is 1. The van der Waals surface area contributed by atoms with E-state index in [1.807, 2.05) is 6.92 Å². The average Bonchev–Trinajstić information content (AvgIpc) is 2.17. The molecule has 0 atom stereocenters. The van der Waals surface area contributed by atoms with Gasteiger partial charge in [0.25, 0.3) is 5.56 Å². The molecule has 2 N–H and O–H groups in total. The van der Waals surface area contributed by atoms with E-state index in [9.17, 15) is 4.79 Å². The van der Waals surface area contributed by atoms with E-state index in [0.717, 1.165) is 5.69 Å². The van der Waals surface area contributed by atoms with Crippen molar-refractivity contribution in [2.75, 3.05) is 6.61 Å². The number of rotatable bonds is 2. The third kappa shape index (κ3) is 1.35. The minimum absolute atomic E-state index is 0.0218. The van der Waals surface area contributed by atoms with Crippen LogP contribution in [0.2, 0.25) is 0 Å². The zero-order chi connectivity index (χ0) is 8.43. The molecule has 0 aliphatic carbocycles. The van der Waals surface area contributed by atoms with Gasteiger partial charge in [0.2, 0.25) is 0 Å². The Bertz CT molecular complexity index is 298. The van der Waals surface area contributed by atoms with E-state index in [-0.39, 0.29) is 12.2 Å². The topological polar surface area (TPSA) is 58.0 Å². The molecule has 0 saturated heterocycles. The largest absolute Gasteiger partial charge is 0.396 e. The van der Waals surface area contributed by atoms with Gasteiger partial charge in [-0.25, -0.2) is 0 Å². The normalized spacial score (nSPS) is 10.5. The summed E-state index contributed by atoms with van der Waals surface area (Å²) in [6, 6.07) is 0. The molecule has 0 fully saturated rings. The zero-order valence-corrected chi connectivity index (χ0v) is 6.72. The maximum Gasteiger partial charge on any atom is 0.269 e. The number of nitrogens with zero attached hydrogens (tertiary/aromatic N) is 1. The molecule has 1 heterocycles. The van der Waals surface area contributed by atoms with Crippen molar-refractivity contribution >= 4 is 0 Å². The summed E-state index contributed by atoms with van der Waals surface area (Å²) in [5, 5.41) is 11.5. The van der Waals surface area contributed by atoms with E-state index in [1.54, 1.807) is 7.05 Å². The third-order valence-corrected chi connectivity index (χ3v) is 1.71. The SMILES string of the molecule is Cc1[nH]n(C)c(=O)c1CCO. The number of aryl methyl sites for hydroxylation is 2. The monoisotopic (exact) mass is 156 g/mol. The molecule has 62 valence electrons. The first kappa shape index (κ1) is 8.07. The summed E-state index contributed by atoms with van der Waals surface area (Å²) in [6.45, 7) is 1.85. The van der Waals surface area contributed by atoms with Gasteiger partial charge in [-0.05, 0) is 6.92 Å². The van der Waals surface area contributed by atoms with Crippen molar-refractivity contribution in [2.24, 2.45) is 7.05 Å². The highest BCUT2D eigenvalue weighted by Gasteiger charge is 2.06. The second-order valence-corrected chi connectivity index (χ2v) is 2.55. The highest BCUT2D eigenvalue weighted by atomic mass is 16.3. The summed E-state index contributed by atoms with van der Waals surface area (Å²) in [5.41, 5.74) is 1.47. The molecule has 4 nitrogen and oxygen atoms in total. The average molecular weight is 156 g/mol. The van der Waals surface area contributed by atoms with E-state index in [0.29, 0.717) is 12.0 Å². The maximum absolute atomic E-state index is 11.2. The van der Waals surface area contributed by atoms with E-state index in [2.05, 4.69) is 5.10 Å².